The molecule has 6 nitrogen and oxygen atoms in total. The molecule has 23 heavy (non-hydrogen) atoms. The van der Waals surface area contributed by atoms with E-state index >= 15 is 0 Å². The fourth-order valence-corrected chi connectivity index (χ4v) is 3.04. The highest BCUT2D eigenvalue weighted by Crippen LogP contribution is 2.27. The lowest BCUT2D eigenvalue weighted by molar-refractivity contribution is -0.135. The van der Waals surface area contributed by atoms with Crippen LogP contribution in [0.25, 0.3) is 0 Å². The van der Waals surface area contributed by atoms with Crippen LogP contribution in [-0.4, -0.2) is 44.7 Å². The molecular formula is C16H30ClN5O. The maximum Gasteiger partial charge on any atom is 0.239 e. The molecule has 2 N–H and O–H groups in total. The standard InChI is InChI=1S/C16H29N5O.ClH/c1-5-12(4)14(17)16(22)20-8-6-7-13(9-20)15-19-18-10-21(15)11(2)3;/h10-14H,5-9,17H2,1-4H3;1H. The minimum absolute atomic E-state index is 0. The molecule has 2 rings (SSSR count). The monoisotopic (exact) mass is 343 g/mol. The Balaban J connectivity index is 0.00000264. The van der Waals surface area contributed by atoms with Gasteiger partial charge >= 0.3 is 0 Å². The summed E-state index contributed by atoms with van der Waals surface area (Å²) in [6.45, 7) is 9.86. The largest absolute Gasteiger partial charge is 0.341 e. The van der Waals surface area contributed by atoms with Crippen LogP contribution in [0.5, 0.6) is 0 Å². The summed E-state index contributed by atoms with van der Waals surface area (Å²) in [6, 6.07) is -0.0647. The molecule has 0 aromatic carbocycles. The third-order valence-electron chi connectivity index (χ3n) is 4.80. The highest BCUT2D eigenvalue weighted by molar-refractivity contribution is 5.85. The van der Waals surface area contributed by atoms with Crippen LogP contribution in [0.2, 0.25) is 0 Å². The molecule has 0 aliphatic carbocycles. The van der Waals surface area contributed by atoms with Crippen molar-refractivity contribution in [2.75, 3.05) is 13.1 Å². The van der Waals surface area contributed by atoms with Gasteiger partial charge in [-0.25, -0.2) is 0 Å². The van der Waals surface area contributed by atoms with E-state index in [0.717, 1.165) is 31.6 Å². The summed E-state index contributed by atoms with van der Waals surface area (Å²) in [5.41, 5.74) is 6.12. The summed E-state index contributed by atoms with van der Waals surface area (Å²) in [6.07, 6.45) is 4.75. The van der Waals surface area contributed by atoms with E-state index in [1.807, 2.05) is 11.8 Å². The molecule has 3 atom stereocenters. The first-order valence-corrected chi connectivity index (χ1v) is 8.39. The van der Waals surface area contributed by atoms with Gasteiger partial charge in [0.2, 0.25) is 5.91 Å². The number of nitrogens with two attached hydrogens (primary N) is 1. The second-order valence-electron chi connectivity index (χ2n) is 6.72. The molecule has 0 spiro atoms. The lowest BCUT2D eigenvalue weighted by Crippen LogP contribution is -2.50. The van der Waals surface area contributed by atoms with E-state index in [0.29, 0.717) is 12.6 Å². The molecule has 1 aliphatic heterocycles. The number of hydrogen-bond donors (Lipinski definition) is 1. The van der Waals surface area contributed by atoms with Gasteiger partial charge in [0, 0.05) is 25.0 Å². The number of amides is 1. The van der Waals surface area contributed by atoms with Crippen molar-refractivity contribution in [2.45, 2.75) is 65.0 Å². The number of nitrogens with zero attached hydrogens (tertiary/aromatic N) is 4. The van der Waals surface area contributed by atoms with Crippen LogP contribution in [0, 0.1) is 5.92 Å². The molecule has 0 radical (unpaired) electrons. The van der Waals surface area contributed by atoms with E-state index in [1.54, 1.807) is 6.33 Å². The molecular weight excluding hydrogens is 314 g/mol. The Kier molecular flexibility index (Phi) is 7.48. The van der Waals surface area contributed by atoms with Crippen LogP contribution in [0.1, 0.15) is 64.7 Å². The van der Waals surface area contributed by atoms with Gasteiger partial charge in [-0.05, 0) is 32.6 Å². The normalized spacial score (nSPS) is 21.0. The molecule has 1 aromatic heterocycles. The average Bonchev–Trinajstić information content (AvgIpc) is 3.02. The Hall–Kier alpha value is -1.14. The lowest BCUT2D eigenvalue weighted by Gasteiger charge is -2.35. The maximum absolute atomic E-state index is 12.6. The first kappa shape index (κ1) is 19.9. The topological polar surface area (TPSA) is 77.0 Å². The maximum atomic E-state index is 12.6. The summed E-state index contributed by atoms with van der Waals surface area (Å²) in [4.78, 5) is 14.5. The van der Waals surface area contributed by atoms with E-state index in [9.17, 15) is 4.79 Å². The Labute approximate surface area is 145 Å². The molecule has 1 saturated heterocycles. The van der Waals surface area contributed by atoms with Gasteiger partial charge in [0.25, 0.3) is 0 Å². The number of halogens is 1. The Morgan fingerprint density at radius 2 is 2.13 bits per heavy atom. The van der Waals surface area contributed by atoms with Crippen LogP contribution in [0.3, 0.4) is 0 Å². The highest BCUT2D eigenvalue weighted by atomic mass is 35.5. The van der Waals surface area contributed by atoms with Crippen molar-refractivity contribution >= 4 is 18.3 Å². The van der Waals surface area contributed by atoms with Crippen LogP contribution in [0.15, 0.2) is 6.33 Å². The minimum atomic E-state index is -0.397. The van der Waals surface area contributed by atoms with Crippen molar-refractivity contribution in [2.24, 2.45) is 11.7 Å². The molecule has 2 heterocycles. The molecule has 0 bridgehead atoms. The molecule has 1 fully saturated rings. The summed E-state index contributed by atoms with van der Waals surface area (Å²) in [7, 11) is 0. The van der Waals surface area contributed by atoms with E-state index in [2.05, 4.69) is 35.5 Å². The predicted molar refractivity (Wildman–Crippen MR) is 93.6 cm³/mol. The Bertz CT molecular complexity index is 504. The third kappa shape index (κ3) is 4.44. The Morgan fingerprint density at radius 1 is 1.43 bits per heavy atom. The SMILES string of the molecule is CCC(C)C(N)C(=O)N1CCCC(c2nncn2C(C)C)C1.Cl. The number of likely N-dealkylation sites (tertiary alicyclic amines) is 1. The van der Waals surface area contributed by atoms with Crippen molar-refractivity contribution in [3.05, 3.63) is 12.2 Å². The zero-order chi connectivity index (χ0) is 16.3. The van der Waals surface area contributed by atoms with Crippen molar-refractivity contribution < 1.29 is 4.79 Å². The molecule has 3 unspecified atom stereocenters. The van der Waals surface area contributed by atoms with Crippen LogP contribution < -0.4 is 5.73 Å². The number of piperidine rings is 1. The number of rotatable bonds is 5. The summed E-state index contributed by atoms with van der Waals surface area (Å²) in [5, 5.41) is 8.34. The summed E-state index contributed by atoms with van der Waals surface area (Å²) < 4.78 is 2.10. The van der Waals surface area contributed by atoms with Crippen molar-refractivity contribution in [1.29, 1.82) is 0 Å². The molecule has 1 aliphatic rings. The van der Waals surface area contributed by atoms with E-state index in [1.165, 1.54) is 0 Å². The number of carbonyl (C=O) groups excluding carboxylic acids is 1. The van der Waals surface area contributed by atoms with E-state index < -0.39 is 6.04 Å². The predicted octanol–water partition coefficient (Wildman–Crippen LogP) is 2.36. The fourth-order valence-electron chi connectivity index (χ4n) is 3.04. The van der Waals surface area contributed by atoms with Crippen molar-refractivity contribution in [1.82, 2.24) is 19.7 Å². The quantitative estimate of drug-likeness (QED) is 0.890. The van der Waals surface area contributed by atoms with Crippen LogP contribution in [-0.2, 0) is 4.79 Å². The average molecular weight is 344 g/mol. The number of hydrogen-bond acceptors (Lipinski definition) is 4. The second-order valence-corrected chi connectivity index (χ2v) is 6.72. The molecule has 7 heteroatoms. The fraction of sp³-hybridized carbons (Fsp3) is 0.812. The van der Waals surface area contributed by atoms with Crippen LogP contribution >= 0.6 is 12.4 Å². The molecule has 1 aromatic rings. The van der Waals surface area contributed by atoms with Gasteiger partial charge in [0.05, 0.1) is 6.04 Å². The zero-order valence-electron chi connectivity index (χ0n) is 14.6. The number of aromatic nitrogens is 3. The first-order chi connectivity index (χ1) is 10.5. The minimum Gasteiger partial charge on any atom is -0.341 e. The summed E-state index contributed by atoms with van der Waals surface area (Å²) >= 11 is 0. The van der Waals surface area contributed by atoms with Gasteiger partial charge in [-0.15, -0.1) is 22.6 Å². The highest BCUT2D eigenvalue weighted by Gasteiger charge is 2.31. The number of carbonyl (C=O) groups is 1. The van der Waals surface area contributed by atoms with Gasteiger partial charge in [-0.3, -0.25) is 4.79 Å². The van der Waals surface area contributed by atoms with Crippen LogP contribution in [0.4, 0.5) is 0 Å². The smallest absolute Gasteiger partial charge is 0.239 e. The Morgan fingerprint density at radius 3 is 2.74 bits per heavy atom. The van der Waals surface area contributed by atoms with Gasteiger partial charge in [0.1, 0.15) is 12.2 Å². The molecule has 1 amide bonds. The van der Waals surface area contributed by atoms with Crippen molar-refractivity contribution in [3.8, 4) is 0 Å². The lowest BCUT2D eigenvalue weighted by atomic mass is 9.94. The van der Waals surface area contributed by atoms with Crippen molar-refractivity contribution in [3.63, 3.8) is 0 Å². The summed E-state index contributed by atoms with van der Waals surface area (Å²) in [5.74, 6) is 1.54. The first-order valence-electron chi connectivity index (χ1n) is 8.39. The van der Waals surface area contributed by atoms with Gasteiger partial charge < -0.3 is 15.2 Å². The van der Waals surface area contributed by atoms with Gasteiger partial charge in [0.15, 0.2) is 0 Å². The molecule has 0 saturated carbocycles. The van der Waals surface area contributed by atoms with Gasteiger partial charge in [-0.1, -0.05) is 20.3 Å². The second kappa shape index (κ2) is 8.64. The van der Waals surface area contributed by atoms with E-state index in [-0.39, 0.29) is 30.2 Å². The van der Waals surface area contributed by atoms with Gasteiger partial charge in [-0.2, -0.15) is 0 Å². The third-order valence-corrected chi connectivity index (χ3v) is 4.80. The van der Waals surface area contributed by atoms with E-state index in [4.69, 9.17) is 5.73 Å². The zero-order valence-corrected chi connectivity index (χ0v) is 15.4. The molecule has 132 valence electrons.